The summed E-state index contributed by atoms with van der Waals surface area (Å²) in [5.41, 5.74) is 0.240. The zero-order valence-electron chi connectivity index (χ0n) is 13.8. The van der Waals surface area contributed by atoms with Crippen LogP contribution < -0.4 is 0 Å². The van der Waals surface area contributed by atoms with E-state index in [-0.39, 0.29) is 40.8 Å². The van der Waals surface area contributed by atoms with Crippen molar-refractivity contribution in [2.24, 2.45) is 21.7 Å². The zero-order valence-corrected chi connectivity index (χ0v) is 13.8. The number of aliphatic hydroxyl groups is 2. The number of hydrogen-bond acceptors (Lipinski definition) is 4. The molecule has 0 aromatic carbocycles. The van der Waals surface area contributed by atoms with Gasteiger partial charge in [0.15, 0.2) is 0 Å². The van der Waals surface area contributed by atoms with Crippen molar-refractivity contribution in [3.05, 3.63) is 12.2 Å². The molecule has 4 saturated carbocycles. The van der Waals surface area contributed by atoms with E-state index in [9.17, 15) is 15.0 Å². The Bertz CT molecular complexity index is 489. The summed E-state index contributed by atoms with van der Waals surface area (Å²) in [5, 5.41) is 20.1. The molecule has 0 saturated heterocycles. The summed E-state index contributed by atoms with van der Waals surface area (Å²) in [7, 11) is 0. The average Bonchev–Trinajstić information content (AvgIpc) is 2.42. The van der Waals surface area contributed by atoms with Crippen LogP contribution in [0.1, 0.15) is 52.4 Å². The van der Waals surface area contributed by atoms with Gasteiger partial charge in [-0.3, -0.25) is 0 Å². The molecule has 4 nitrogen and oxygen atoms in total. The molecule has 0 aromatic heterocycles. The molecular weight excluding hydrogens is 280 g/mol. The van der Waals surface area contributed by atoms with E-state index >= 15 is 0 Å². The highest BCUT2D eigenvalue weighted by atomic mass is 16.5. The molecule has 0 aromatic rings. The van der Waals surface area contributed by atoms with Gasteiger partial charge in [0.05, 0.1) is 6.61 Å². The molecule has 0 spiro atoms. The van der Waals surface area contributed by atoms with Crippen LogP contribution >= 0.6 is 0 Å². The molecule has 4 fully saturated rings. The first-order valence-electron chi connectivity index (χ1n) is 8.24. The molecule has 4 bridgehead atoms. The molecule has 0 heterocycles. The van der Waals surface area contributed by atoms with Crippen molar-refractivity contribution in [1.82, 2.24) is 0 Å². The number of hydrogen-bond donors (Lipinski definition) is 2. The van der Waals surface area contributed by atoms with Crippen molar-refractivity contribution in [2.75, 3.05) is 19.8 Å². The van der Waals surface area contributed by atoms with Gasteiger partial charge in [-0.2, -0.15) is 0 Å². The van der Waals surface area contributed by atoms with Crippen LogP contribution in [0.5, 0.6) is 0 Å². The molecule has 2 N–H and O–H groups in total. The normalized spacial score (nSPS) is 45.8. The topological polar surface area (TPSA) is 66.8 Å². The first-order chi connectivity index (χ1) is 10.2. The van der Waals surface area contributed by atoms with Gasteiger partial charge in [-0.1, -0.05) is 13.5 Å². The van der Waals surface area contributed by atoms with E-state index in [0.717, 1.165) is 38.5 Å². The molecule has 22 heavy (non-hydrogen) atoms. The number of rotatable bonds is 5. The Labute approximate surface area is 132 Å². The summed E-state index contributed by atoms with van der Waals surface area (Å²) >= 11 is 0. The van der Waals surface area contributed by atoms with Crippen LogP contribution in [0.3, 0.4) is 0 Å². The molecule has 0 amide bonds. The van der Waals surface area contributed by atoms with Crippen LogP contribution in [0, 0.1) is 21.7 Å². The van der Waals surface area contributed by atoms with E-state index < -0.39 is 0 Å². The van der Waals surface area contributed by atoms with Gasteiger partial charge >= 0.3 is 5.97 Å². The molecule has 124 valence electrons. The minimum Gasteiger partial charge on any atom is -0.462 e. The van der Waals surface area contributed by atoms with Crippen LogP contribution in [0.25, 0.3) is 0 Å². The second-order valence-corrected chi connectivity index (χ2v) is 9.04. The molecule has 0 aliphatic heterocycles. The molecule has 4 heteroatoms. The van der Waals surface area contributed by atoms with Gasteiger partial charge in [-0.15, -0.1) is 0 Å². The predicted molar refractivity (Wildman–Crippen MR) is 83.1 cm³/mol. The Kier molecular flexibility index (Phi) is 3.50. The highest BCUT2D eigenvalue weighted by molar-refractivity contribution is 5.86. The fraction of sp³-hybridized carbons (Fsp3) is 0.833. The predicted octanol–water partition coefficient (Wildman–Crippen LogP) is 2.44. The Hall–Kier alpha value is -0.870. The van der Waals surface area contributed by atoms with Crippen molar-refractivity contribution in [3.63, 3.8) is 0 Å². The monoisotopic (exact) mass is 308 g/mol. The minimum absolute atomic E-state index is 0.0972. The molecule has 4 aliphatic carbocycles. The van der Waals surface area contributed by atoms with Crippen LogP contribution in [-0.2, 0) is 9.53 Å². The Morgan fingerprint density at radius 1 is 1.00 bits per heavy atom. The van der Waals surface area contributed by atoms with E-state index in [1.54, 1.807) is 6.92 Å². The van der Waals surface area contributed by atoms with Crippen molar-refractivity contribution >= 4 is 5.97 Å². The molecule has 2 unspecified atom stereocenters. The smallest absolute Gasteiger partial charge is 0.333 e. The van der Waals surface area contributed by atoms with Crippen LogP contribution in [0.2, 0.25) is 0 Å². The summed E-state index contributed by atoms with van der Waals surface area (Å²) in [6, 6.07) is 0. The molecule has 4 rings (SSSR count). The molecule has 4 aliphatic rings. The molecule has 2 atom stereocenters. The lowest BCUT2D eigenvalue weighted by Gasteiger charge is -2.69. The summed E-state index contributed by atoms with van der Waals surface area (Å²) in [5.74, 6) is -0.336. The zero-order chi connectivity index (χ0) is 16.2. The Morgan fingerprint density at radius 3 is 1.91 bits per heavy atom. The van der Waals surface area contributed by atoms with Gasteiger partial charge < -0.3 is 14.9 Å². The van der Waals surface area contributed by atoms with Crippen LogP contribution in [0.4, 0.5) is 0 Å². The highest BCUT2D eigenvalue weighted by Crippen LogP contribution is 2.73. The number of carbonyl (C=O) groups is 1. The second-order valence-electron chi connectivity index (χ2n) is 9.04. The summed E-state index contributed by atoms with van der Waals surface area (Å²) in [6.07, 6.45) is 5.77. The maximum absolute atomic E-state index is 11.8. The van der Waals surface area contributed by atoms with Gasteiger partial charge in [0.25, 0.3) is 0 Å². The first kappa shape index (κ1) is 16.0. The van der Waals surface area contributed by atoms with Gasteiger partial charge in [0, 0.05) is 24.2 Å². The molecular formula is C18H28O4. The summed E-state index contributed by atoms with van der Waals surface area (Å²) in [6.45, 7) is 8.29. The fourth-order valence-electron chi connectivity index (χ4n) is 6.68. The van der Waals surface area contributed by atoms with Gasteiger partial charge in [0.1, 0.15) is 0 Å². The standard InChI is InChI=1S/C18H28O4/c1-13(2)14(21)22-12-18-6-15(3)4-16(8-18,10-19)7-17(5-15,9-18)11-20/h19-20H,1,4-12H2,2-3H3. The second kappa shape index (κ2) is 4.81. The maximum atomic E-state index is 11.8. The first-order valence-corrected chi connectivity index (χ1v) is 8.24. The number of carbonyl (C=O) groups excluding carboxylic acids is 1. The van der Waals surface area contributed by atoms with Gasteiger partial charge in [-0.25, -0.2) is 4.79 Å². The van der Waals surface area contributed by atoms with E-state index in [2.05, 4.69) is 13.5 Å². The van der Waals surface area contributed by atoms with E-state index in [1.807, 2.05) is 0 Å². The third-order valence-corrected chi connectivity index (χ3v) is 6.18. The van der Waals surface area contributed by atoms with Gasteiger partial charge in [0.2, 0.25) is 0 Å². The van der Waals surface area contributed by atoms with E-state index in [0.29, 0.717) is 12.2 Å². The number of ether oxygens (including phenoxy) is 1. The van der Waals surface area contributed by atoms with Crippen molar-refractivity contribution < 1.29 is 19.7 Å². The quantitative estimate of drug-likeness (QED) is 0.605. The third-order valence-electron chi connectivity index (χ3n) is 6.18. The van der Waals surface area contributed by atoms with Crippen molar-refractivity contribution in [3.8, 4) is 0 Å². The number of aliphatic hydroxyl groups excluding tert-OH is 2. The Balaban J connectivity index is 1.88. The fourth-order valence-corrected chi connectivity index (χ4v) is 6.68. The van der Waals surface area contributed by atoms with Gasteiger partial charge in [-0.05, 0) is 61.7 Å². The van der Waals surface area contributed by atoms with Crippen molar-refractivity contribution in [1.29, 1.82) is 0 Å². The van der Waals surface area contributed by atoms with Crippen molar-refractivity contribution in [2.45, 2.75) is 52.4 Å². The third kappa shape index (κ3) is 2.41. The van der Waals surface area contributed by atoms with Crippen LogP contribution in [-0.4, -0.2) is 36.0 Å². The van der Waals surface area contributed by atoms with E-state index in [4.69, 9.17) is 4.74 Å². The maximum Gasteiger partial charge on any atom is 0.333 e. The lowest BCUT2D eigenvalue weighted by atomic mass is 9.36. The minimum atomic E-state index is -0.336. The lowest BCUT2D eigenvalue weighted by Crippen LogP contribution is -2.63. The van der Waals surface area contributed by atoms with E-state index in [1.165, 1.54) is 0 Å². The van der Waals surface area contributed by atoms with Crippen LogP contribution in [0.15, 0.2) is 12.2 Å². The number of esters is 1. The summed E-state index contributed by atoms with van der Waals surface area (Å²) < 4.78 is 5.51. The Morgan fingerprint density at radius 2 is 1.45 bits per heavy atom. The highest BCUT2D eigenvalue weighted by Gasteiger charge is 2.66. The largest absolute Gasteiger partial charge is 0.462 e. The SMILES string of the molecule is C=C(C)C(=O)OCC12CC3(C)CC(CO)(CC(CO)(C3)C1)C2. The average molecular weight is 308 g/mol. The molecule has 0 radical (unpaired) electrons. The summed E-state index contributed by atoms with van der Waals surface area (Å²) in [4.78, 5) is 11.8. The lowest BCUT2D eigenvalue weighted by molar-refractivity contribution is -0.229.